The quantitative estimate of drug-likeness (QED) is 0.846. The van der Waals surface area contributed by atoms with Gasteiger partial charge in [0.05, 0.1) is 6.61 Å². The number of hydrogen-bond donors (Lipinski definition) is 1. The number of ether oxygens (including phenoxy) is 1. The molecule has 0 aromatic heterocycles. The molecule has 0 radical (unpaired) electrons. The lowest BCUT2D eigenvalue weighted by molar-refractivity contribution is -0.147. The summed E-state index contributed by atoms with van der Waals surface area (Å²) < 4.78 is 5.60. The maximum absolute atomic E-state index is 12.7. The van der Waals surface area contributed by atoms with Crippen LogP contribution in [0.1, 0.15) is 19.4 Å². The van der Waals surface area contributed by atoms with Crippen LogP contribution >= 0.6 is 11.8 Å². The fourth-order valence-corrected chi connectivity index (χ4v) is 2.88. The van der Waals surface area contributed by atoms with Crippen molar-refractivity contribution in [3.05, 3.63) is 29.8 Å². The lowest BCUT2D eigenvalue weighted by Crippen LogP contribution is -2.51. The molecule has 1 aromatic carbocycles. The Labute approximate surface area is 131 Å². The smallest absolute Gasteiger partial charge is 0.253 e. The Bertz CT molecular complexity index is 473. The van der Waals surface area contributed by atoms with E-state index < -0.39 is 0 Å². The minimum atomic E-state index is -0.357. The molecule has 116 valence electrons. The third-order valence-electron chi connectivity index (χ3n) is 3.60. The van der Waals surface area contributed by atoms with E-state index in [1.807, 2.05) is 24.8 Å². The summed E-state index contributed by atoms with van der Waals surface area (Å²) in [4.78, 5) is 15.8. The van der Waals surface area contributed by atoms with Crippen molar-refractivity contribution >= 4 is 17.7 Å². The largest absolute Gasteiger partial charge is 0.366 e. The molecular formula is C16H24N2O2S. The van der Waals surface area contributed by atoms with Crippen LogP contribution in [0.3, 0.4) is 0 Å². The molecule has 4 nitrogen and oxygen atoms in total. The van der Waals surface area contributed by atoms with Gasteiger partial charge >= 0.3 is 0 Å². The van der Waals surface area contributed by atoms with Gasteiger partial charge in [0, 0.05) is 30.6 Å². The lowest BCUT2D eigenvalue weighted by Gasteiger charge is -2.32. The molecule has 0 unspecified atom stereocenters. The fourth-order valence-electron chi connectivity index (χ4n) is 2.39. The van der Waals surface area contributed by atoms with Gasteiger partial charge in [-0.1, -0.05) is 12.1 Å². The van der Waals surface area contributed by atoms with E-state index in [4.69, 9.17) is 4.74 Å². The molecule has 1 aliphatic heterocycles. The average Bonchev–Trinajstić information content (AvgIpc) is 2.52. The molecule has 1 aliphatic rings. The predicted octanol–water partition coefficient (Wildman–Crippen LogP) is 2.13. The molecule has 1 N–H and O–H groups in total. The highest BCUT2D eigenvalue weighted by molar-refractivity contribution is 7.98. The van der Waals surface area contributed by atoms with Crippen LogP contribution < -0.4 is 5.32 Å². The molecule has 5 heteroatoms. The van der Waals surface area contributed by atoms with Gasteiger partial charge in [-0.2, -0.15) is 0 Å². The van der Waals surface area contributed by atoms with Gasteiger partial charge in [0.15, 0.2) is 0 Å². The molecule has 0 bridgehead atoms. The Morgan fingerprint density at radius 3 is 2.95 bits per heavy atom. The van der Waals surface area contributed by atoms with Crippen molar-refractivity contribution < 1.29 is 9.53 Å². The Hall–Kier alpha value is -1.04. The second-order valence-electron chi connectivity index (χ2n) is 5.47. The third kappa shape index (κ3) is 4.46. The summed E-state index contributed by atoms with van der Waals surface area (Å²) in [5.41, 5.74) is 1.16. The molecule has 1 fully saturated rings. The zero-order chi connectivity index (χ0) is 15.2. The minimum Gasteiger partial charge on any atom is -0.366 e. The van der Waals surface area contributed by atoms with E-state index in [1.54, 1.807) is 11.8 Å². The molecule has 1 atom stereocenters. The second-order valence-corrected chi connectivity index (χ2v) is 6.35. The van der Waals surface area contributed by atoms with Crippen molar-refractivity contribution in [3.63, 3.8) is 0 Å². The number of carbonyl (C=O) groups excluding carboxylic acids is 1. The lowest BCUT2D eigenvalue weighted by atomic mass is 10.1. The molecule has 0 spiro atoms. The zero-order valence-electron chi connectivity index (χ0n) is 13.0. The molecule has 1 saturated heterocycles. The topological polar surface area (TPSA) is 41.6 Å². The number of hydrogen-bond acceptors (Lipinski definition) is 4. The van der Waals surface area contributed by atoms with Crippen molar-refractivity contribution in [2.24, 2.45) is 0 Å². The highest BCUT2D eigenvalue weighted by Crippen LogP contribution is 2.18. The Morgan fingerprint density at radius 1 is 1.52 bits per heavy atom. The van der Waals surface area contributed by atoms with Crippen LogP contribution in [0, 0.1) is 0 Å². The Morgan fingerprint density at radius 2 is 2.33 bits per heavy atom. The van der Waals surface area contributed by atoms with Gasteiger partial charge in [0.1, 0.15) is 6.10 Å². The summed E-state index contributed by atoms with van der Waals surface area (Å²) in [5, 5.41) is 3.22. The molecule has 2 rings (SSSR count). The summed E-state index contributed by atoms with van der Waals surface area (Å²) in [7, 11) is 0. The van der Waals surface area contributed by atoms with Gasteiger partial charge in [-0.05, 0) is 37.8 Å². The fraction of sp³-hybridized carbons (Fsp3) is 0.562. The van der Waals surface area contributed by atoms with Crippen LogP contribution in [-0.4, -0.2) is 48.9 Å². The van der Waals surface area contributed by atoms with Crippen molar-refractivity contribution in [3.8, 4) is 0 Å². The monoisotopic (exact) mass is 308 g/mol. The maximum atomic E-state index is 12.7. The SMILES string of the molecule is CSc1cccc(CN(C(=O)[C@H]2CNCCO2)C(C)C)c1. The van der Waals surface area contributed by atoms with Gasteiger partial charge in [-0.25, -0.2) is 0 Å². The van der Waals surface area contributed by atoms with E-state index in [2.05, 4.69) is 29.8 Å². The van der Waals surface area contributed by atoms with Crippen molar-refractivity contribution in [1.29, 1.82) is 0 Å². The summed E-state index contributed by atoms with van der Waals surface area (Å²) in [6.45, 7) is 6.75. The number of benzene rings is 1. The van der Waals surface area contributed by atoms with Gasteiger partial charge in [-0.15, -0.1) is 11.8 Å². The first-order chi connectivity index (χ1) is 10.1. The second kappa shape index (κ2) is 7.82. The van der Waals surface area contributed by atoms with Crippen LogP contribution in [0.2, 0.25) is 0 Å². The van der Waals surface area contributed by atoms with Gasteiger partial charge in [0.25, 0.3) is 5.91 Å². The normalized spacial score (nSPS) is 18.8. The maximum Gasteiger partial charge on any atom is 0.253 e. The molecule has 1 aromatic rings. The van der Waals surface area contributed by atoms with Crippen molar-refractivity contribution in [2.45, 2.75) is 37.4 Å². The standard InChI is InChI=1S/C16H24N2O2S/c1-12(2)18(16(19)15-10-17-7-8-20-15)11-13-5-4-6-14(9-13)21-3/h4-6,9,12,15,17H,7-8,10-11H2,1-3H3/t15-/m1/s1. The van der Waals surface area contributed by atoms with Crippen LogP contribution in [-0.2, 0) is 16.1 Å². The number of amides is 1. The average molecular weight is 308 g/mol. The van der Waals surface area contributed by atoms with Crippen molar-refractivity contribution in [2.75, 3.05) is 26.0 Å². The first-order valence-electron chi connectivity index (χ1n) is 7.37. The first kappa shape index (κ1) is 16.3. The molecule has 0 aliphatic carbocycles. The summed E-state index contributed by atoms with van der Waals surface area (Å²) in [6.07, 6.45) is 1.70. The van der Waals surface area contributed by atoms with E-state index in [-0.39, 0.29) is 18.1 Å². The van der Waals surface area contributed by atoms with Gasteiger partial charge in [0.2, 0.25) is 0 Å². The van der Waals surface area contributed by atoms with Crippen molar-refractivity contribution in [1.82, 2.24) is 10.2 Å². The van der Waals surface area contributed by atoms with E-state index in [0.717, 1.165) is 12.1 Å². The Kier molecular flexibility index (Phi) is 6.08. The number of thioether (sulfide) groups is 1. The zero-order valence-corrected chi connectivity index (χ0v) is 13.8. The summed E-state index contributed by atoms with van der Waals surface area (Å²) in [5.74, 6) is 0.0757. The van der Waals surface area contributed by atoms with E-state index in [0.29, 0.717) is 19.7 Å². The number of carbonyl (C=O) groups is 1. The highest BCUT2D eigenvalue weighted by atomic mass is 32.2. The minimum absolute atomic E-state index is 0.0757. The van der Waals surface area contributed by atoms with Gasteiger partial charge in [-0.3, -0.25) is 4.79 Å². The number of morpholine rings is 1. The van der Waals surface area contributed by atoms with E-state index in [1.165, 1.54) is 4.90 Å². The van der Waals surface area contributed by atoms with E-state index >= 15 is 0 Å². The van der Waals surface area contributed by atoms with Crippen LogP contribution in [0.25, 0.3) is 0 Å². The molecule has 0 saturated carbocycles. The molecule has 1 amide bonds. The molecule has 21 heavy (non-hydrogen) atoms. The first-order valence-corrected chi connectivity index (χ1v) is 8.60. The summed E-state index contributed by atoms with van der Waals surface area (Å²) >= 11 is 1.72. The van der Waals surface area contributed by atoms with E-state index in [9.17, 15) is 4.79 Å². The van der Waals surface area contributed by atoms with Crippen LogP contribution in [0.15, 0.2) is 29.2 Å². The third-order valence-corrected chi connectivity index (χ3v) is 4.32. The van der Waals surface area contributed by atoms with Crippen LogP contribution in [0.4, 0.5) is 0 Å². The molecular weight excluding hydrogens is 284 g/mol. The summed E-state index contributed by atoms with van der Waals surface area (Å²) in [6, 6.07) is 8.50. The number of nitrogens with one attached hydrogen (secondary N) is 1. The van der Waals surface area contributed by atoms with Crippen LogP contribution in [0.5, 0.6) is 0 Å². The Balaban J connectivity index is 2.09. The molecule has 1 heterocycles. The number of nitrogens with zero attached hydrogens (tertiary/aromatic N) is 1. The number of rotatable bonds is 5. The highest BCUT2D eigenvalue weighted by Gasteiger charge is 2.28. The van der Waals surface area contributed by atoms with Gasteiger partial charge < -0.3 is 15.0 Å². The predicted molar refractivity (Wildman–Crippen MR) is 86.5 cm³/mol.